The van der Waals surface area contributed by atoms with Crippen LogP contribution in [0.2, 0.25) is 0 Å². The van der Waals surface area contributed by atoms with Gasteiger partial charge < -0.3 is 14.8 Å². The van der Waals surface area contributed by atoms with Crippen molar-refractivity contribution < 1.29 is 0 Å². The van der Waals surface area contributed by atoms with Gasteiger partial charge in [-0.3, -0.25) is 4.99 Å². The Morgan fingerprint density at radius 2 is 2.23 bits per heavy atom. The van der Waals surface area contributed by atoms with E-state index >= 15 is 0 Å². The summed E-state index contributed by atoms with van der Waals surface area (Å²) in [4.78, 5) is 11.1. The van der Waals surface area contributed by atoms with Crippen molar-refractivity contribution in [3.05, 3.63) is 18.7 Å². The minimum Gasteiger partial charge on any atom is -0.354 e. The Morgan fingerprint density at radius 1 is 1.36 bits per heavy atom. The van der Waals surface area contributed by atoms with Crippen LogP contribution in [0.4, 0.5) is 0 Å². The molecule has 122 valence electrons. The second-order valence-corrected chi connectivity index (χ2v) is 7.85. The smallest absolute Gasteiger partial charge is 0.193 e. The molecule has 2 fully saturated rings. The van der Waals surface area contributed by atoms with Crippen molar-refractivity contribution >= 4 is 17.7 Å². The Kier molecular flexibility index (Phi) is 5.28. The average molecular weight is 321 g/mol. The number of thioether (sulfide) groups is 1. The standard InChI is InChI=1S/C16H27N5S/c1-17-15(19-8-10-20-9-7-18-14-20)21-11-12-22-16(13-21)5-3-2-4-6-16/h7,9,14H,2-6,8,10-13H2,1H3,(H,17,19). The van der Waals surface area contributed by atoms with Crippen LogP contribution in [0.25, 0.3) is 0 Å². The first-order chi connectivity index (χ1) is 10.8. The lowest BCUT2D eigenvalue weighted by molar-refractivity contribution is 0.293. The van der Waals surface area contributed by atoms with Crippen molar-refractivity contribution in [2.45, 2.75) is 43.4 Å². The van der Waals surface area contributed by atoms with E-state index in [1.54, 1.807) is 0 Å². The summed E-state index contributed by atoms with van der Waals surface area (Å²) in [6, 6.07) is 0. The van der Waals surface area contributed by atoms with Crippen LogP contribution >= 0.6 is 11.8 Å². The highest BCUT2D eigenvalue weighted by molar-refractivity contribution is 8.00. The molecule has 1 N–H and O–H groups in total. The van der Waals surface area contributed by atoms with Crippen LogP contribution in [-0.2, 0) is 6.54 Å². The third kappa shape index (κ3) is 3.77. The molecule has 1 saturated carbocycles. The van der Waals surface area contributed by atoms with Crippen molar-refractivity contribution in [3.63, 3.8) is 0 Å². The van der Waals surface area contributed by atoms with Crippen molar-refractivity contribution in [2.75, 3.05) is 32.4 Å². The Balaban J connectivity index is 1.53. The van der Waals surface area contributed by atoms with Gasteiger partial charge >= 0.3 is 0 Å². The highest BCUT2D eigenvalue weighted by Gasteiger charge is 2.38. The number of guanidine groups is 1. The molecular formula is C16H27N5S. The largest absolute Gasteiger partial charge is 0.354 e. The zero-order valence-electron chi connectivity index (χ0n) is 13.5. The van der Waals surface area contributed by atoms with E-state index < -0.39 is 0 Å². The number of nitrogens with zero attached hydrogens (tertiary/aromatic N) is 4. The Labute approximate surface area is 137 Å². The minimum atomic E-state index is 0.485. The third-order valence-electron chi connectivity index (χ3n) is 4.74. The Bertz CT molecular complexity index is 473. The van der Waals surface area contributed by atoms with Crippen LogP contribution in [0.3, 0.4) is 0 Å². The van der Waals surface area contributed by atoms with Gasteiger partial charge in [0, 0.05) is 56.1 Å². The number of hydrogen-bond donors (Lipinski definition) is 1. The molecule has 1 spiro atoms. The number of imidazole rings is 1. The summed E-state index contributed by atoms with van der Waals surface area (Å²) in [5.41, 5.74) is 0. The maximum absolute atomic E-state index is 4.51. The predicted molar refractivity (Wildman–Crippen MR) is 93.4 cm³/mol. The van der Waals surface area contributed by atoms with Crippen LogP contribution in [0.5, 0.6) is 0 Å². The van der Waals surface area contributed by atoms with Crippen LogP contribution in [-0.4, -0.2) is 57.6 Å². The zero-order valence-corrected chi connectivity index (χ0v) is 14.3. The Hall–Kier alpha value is -1.17. The molecule has 3 rings (SSSR count). The minimum absolute atomic E-state index is 0.485. The molecule has 1 saturated heterocycles. The van der Waals surface area contributed by atoms with E-state index in [-0.39, 0.29) is 0 Å². The quantitative estimate of drug-likeness (QED) is 0.685. The molecule has 2 aliphatic rings. The zero-order chi connectivity index (χ0) is 15.3. The summed E-state index contributed by atoms with van der Waals surface area (Å²) in [5.74, 6) is 2.28. The average Bonchev–Trinajstić information content (AvgIpc) is 3.06. The van der Waals surface area contributed by atoms with Gasteiger partial charge in [-0.15, -0.1) is 0 Å². The molecule has 1 aliphatic carbocycles. The van der Waals surface area contributed by atoms with E-state index in [0.29, 0.717) is 4.75 Å². The van der Waals surface area contributed by atoms with Crippen LogP contribution < -0.4 is 5.32 Å². The van der Waals surface area contributed by atoms with Crippen LogP contribution in [0.15, 0.2) is 23.7 Å². The van der Waals surface area contributed by atoms with Crippen molar-refractivity contribution in [1.82, 2.24) is 19.8 Å². The monoisotopic (exact) mass is 321 g/mol. The van der Waals surface area contributed by atoms with Gasteiger partial charge in [0.25, 0.3) is 0 Å². The first kappa shape index (κ1) is 15.7. The molecule has 0 radical (unpaired) electrons. The summed E-state index contributed by atoms with van der Waals surface area (Å²) >= 11 is 2.20. The lowest BCUT2D eigenvalue weighted by atomic mass is 9.87. The Morgan fingerprint density at radius 3 is 2.95 bits per heavy atom. The topological polar surface area (TPSA) is 45.5 Å². The lowest BCUT2D eigenvalue weighted by Crippen LogP contribution is -2.53. The fourth-order valence-corrected chi connectivity index (χ4v) is 5.14. The normalized spacial score (nSPS) is 22.0. The van der Waals surface area contributed by atoms with E-state index in [2.05, 4.69) is 36.5 Å². The summed E-state index contributed by atoms with van der Waals surface area (Å²) in [6.45, 7) is 4.08. The van der Waals surface area contributed by atoms with E-state index in [0.717, 1.165) is 32.1 Å². The number of rotatable bonds is 3. The van der Waals surface area contributed by atoms with Crippen molar-refractivity contribution in [3.8, 4) is 0 Å². The van der Waals surface area contributed by atoms with Gasteiger partial charge in [0.2, 0.25) is 0 Å². The number of aliphatic imine (C=N–C) groups is 1. The number of nitrogens with one attached hydrogen (secondary N) is 1. The highest BCUT2D eigenvalue weighted by Crippen LogP contribution is 2.42. The van der Waals surface area contributed by atoms with E-state index in [1.165, 1.54) is 37.9 Å². The predicted octanol–water partition coefficient (Wildman–Crippen LogP) is 2.21. The molecule has 5 nitrogen and oxygen atoms in total. The van der Waals surface area contributed by atoms with Gasteiger partial charge in [0.05, 0.1) is 6.33 Å². The van der Waals surface area contributed by atoms with Crippen LogP contribution in [0, 0.1) is 0 Å². The molecule has 1 aromatic heterocycles. The maximum Gasteiger partial charge on any atom is 0.193 e. The first-order valence-corrected chi connectivity index (χ1v) is 9.35. The number of hydrogen-bond acceptors (Lipinski definition) is 3. The molecule has 0 atom stereocenters. The summed E-state index contributed by atoms with van der Waals surface area (Å²) in [6.07, 6.45) is 12.6. The molecule has 0 amide bonds. The molecular weight excluding hydrogens is 294 g/mol. The fourth-order valence-electron chi connectivity index (χ4n) is 3.57. The molecule has 1 aromatic rings. The van der Waals surface area contributed by atoms with Gasteiger partial charge in [-0.25, -0.2) is 4.98 Å². The fraction of sp³-hybridized carbons (Fsp3) is 0.750. The molecule has 0 unspecified atom stereocenters. The summed E-state index contributed by atoms with van der Waals surface area (Å²) in [7, 11) is 1.90. The second kappa shape index (κ2) is 7.40. The van der Waals surface area contributed by atoms with Gasteiger partial charge in [0.1, 0.15) is 0 Å². The molecule has 0 bridgehead atoms. The molecule has 0 aromatic carbocycles. The van der Waals surface area contributed by atoms with E-state index in [1.807, 2.05) is 25.8 Å². The third-order valence-corrected chi connectivity index (χ3v) is 6.27. The van der Waals surface area contributed by atoms with Crippen molar-refractivity contribution in [2.24, 2.45) is 4.99 Å². The van der Waals surface area contributed by atoms with E-state index in [9.17, 15) is 0 Å². The summed E-state index contributed by atoms with van der Waals surface area (Å²) in [5, 5.41) is 3.52. The SMILES string of the molecule is CN=C(NCCn1ccnc1)N1CCSC2(CCCCC2)C1. The summed E-state index contributed by atoms with van der Waals surface area (Å²) < 4.78 is 2.58. The first-order valence-electron chi connectivity index (χ1n) is 8.37. The number of aromatic nitrogens is 2. The highest BCUT2D eigenvalue weighted by atomic mass is 32.2. The second-order valence-electron chi connectivity index (χ2n) is 6.29. The van der Waals surface area contributed by atoms with Crippen molar-refractivity contribution in [1.29, 1.82) is 0 Å². The maximum atomic E-state index is 4.51. The molecule has 1 aliphatic heterocycles. The van der Waals surface area contributed by atoms with Gasteiger partial charge in [-0.05, 0) is 12.8 Å². The lowest BCUT2D eigenvalue weighted by Gasteiger charge is -2.45. The molecule has 2 heterocycles. The van der Waals surface area contributed by atoms with Gasteiger partial charge in [-0.1, -0.05) is 19.3 Å². The van der Waals surface area contributed by atoms with Gasteiger partial charge in [0.15, 0.2) is 5.96 Å². The van der Waals surface area contributed by atoms with E-state index in [4.69, 9.17) is 0 Å². The van der Waals surface area contributed by atoms with Gasteiger partial charge in [-0.2, -0.15) is 11.8 Å². The molecule has 6 heteroatoms. The molecule has 22 heavy (non-hydrogen) atoms. The van der Waals surface area contributed by atoms with Crippen LogP contribution in [0.1, 0.15) is 32.1 Å².